The molecule has 0 radical (unpaired) electrons. The molecule has 0 bridgehead atoms. The van der Waals surface area contributed by atoms with Crippen LogP contribution in [0.15, 0.2) is 35.7 Å². The largest absolute Gasteiger partial charge is 0.416 e. The predicted molar refractivity (Wildman–Crippen MR) is 80.6 cm³/mol. The summed E-state index contributed by atoms with van der Waals surface area (Å²) in [6.07, 6.45) is -3.38. The minimum absolute atomic E-state index is 0.188. The maximum atomic E-state index is 12.9. The fourth-order valence-electron chi connectivity index (χ4n) is 2.23. The molecule has 0 aliphatic heterocycles. The third kappa shape index (κ3) is 3.86. The highest BCUT2D eigenvalue weighted by atomic mass is 32.1. The molecule has 5 heteroatoms. The Hall–Kier alpha value is -1.33. The molecule has 2 rings (SSSR count). The van der Waals surface area contributed by atoms with Gasteiger partial charge in [0.25, 0.3) is 0 Å². The fraction of sp³-hybridized carbons (Fsp3) is 0.375. The molecule has 0 amide bonds. The van der Waals surface area contributed by atoms with Crippen LogP contribution in [0.2, 0.25) is 0 Å². The summed E-state index contributed by atoms with van der Waals surface area (Å²) in [5.41, 5.74) is 1.16. The van der Waals surface area contributed by atoms with Gasteiger partial charge < -0.3 is 5.32 Å². The van der Waals surface area contributed by atoms with Crippen molar-refractivity contribution in [2.75, 3.05) is 6.54 Å². The van der Waals surface area contributed by atoms with Gasteiger partial charge in [-0.1, -0.05) is 19.1 Å². The van der Waals surface area contributed by atoms with E-state index in [2.05, 4.69) is 5.32 Å². The first-order chi connectivity index (χ1) is 9.93. The SMILES string of the molecule is CCCNC(c1cccc(C(F)(F)F)c1)c1sccc1C. The van der Waals surface area contributed by atoms with Gasteiger partial charge in [0.15, 0.2) is 0 Å². The Morgan fingerprint density at radius 2 is 2.00 bits per heavy atom. The van der Waals surface area contributed by atoms with E-state index in [9.17, 15) is 13.2 Å². The van der Waals surface area contributed by atoms with E-state index in [1.165, 1.54) is 12.1 Å². The van der Waals surface area contributed by atoms with Crippen LogP contribution in [0.4, 0.5) is 13.2 Å². The van der Waals surface area contributed by atoms with Crippen LogP contribution in [0.25, 0.3) is 0 Å². The van der Waals surface area contributed by atoms with Crippen molar-refractivity contribution in [1.82, 2.24) is 5.32 Å². The molecule has 1 atom stereocenters. The van der Waals surface area contributed by atoms with Gasteiger partial charge >= 0.3 is 6.18 Å². The summed E-state index contributed by atoms with van der Waals surface area (Å²) >= 11 is 1.57. The first kappa shape index (κ1) is 16.0. The van der Waals surface area contributed by atoms with E-state index in [1.54, 1.807) is 17.4 Å². The van der Waals surface area contributed by atoms with Crippen molar-refractivity contribution >= 4 is 11.3 Å². The normalized spacial score (nSPS) is 13.4. The molecule has 0 aliphatic rings. The van der Waals surface area contributed by atoms with Crippen LogP contribution in [0.3, 0.4) is 0 Å². The van der Waals surface area contributed by atoms with Gasteiger partial charge in [-0.2, -0.15) is 13.2 Å². The number of alkyl halides is 3. The second-order valence-electron chi connectivity index (χ2n) is 4.98. The Morgan fingerprint density at radius 3 is 2.57 bits per heavy atom. The van der Waals surface area contributed by atoms with Gasteiger partial charge in [0.1, 0.15) is 0 Å². The Balaban J connectivity index is 2.40. The lowest BCUT2D eigenvalue weighted by atomic mass is 10.0. The van der Waals surface area contributed by atoms with Gasteiger partial charge in [-0.3, -0.25) is 0 Å². The standard InChI is InChI=1S/C16H18F3NS/c1-3-8-20-14(15-11(2)7-9-21-15)12-5-4-6-13(10-12)16(17,18)19/h4-7,9-10,14,20H,3,8H2,1-2H3. The summed E-state index contributed by atoms with van der Waals surface area (Å²) in [5.74, 6) is 0. The molecule has 1 unspecified atom stereocenters. The molecule has 114 valence electrons. The third-order valence-electron chi connectivity index (χ3n) is 3.31. The summed E-state index contributed by atoms with van der Waals surface area (Å²) in [6, 6.07) is 7.39. The average Bonchev–Trinajstić information content (AvgIpc) is 2.85. The molecule has 21 heavy (non-hydrogen) atoms. The maximum absolute atomic E-state index is 12.9. The number of aryl methyl sites for hydroxylation is 1. The van der Waals surface area contributed by atoms with Gasteiger partial charge in [-0.15, -0.1) is 11.3 Å². The summed E-state index contributed by atoms with van der Waals surface area (Å²) < 4.78 is 38.7. The Kier molecular flexibility index (Phi) is 5.06. The van der Waals surface area contributed by atoms with Crippen LogP contribution >= 0.6 is 11.3 Å². The highest BCUT2D eigenvalue weighted by molar-refractivity contribution is 7.10. The Bertz CT molecular complexity index is 589. The number of nitrogens with one attached hydrogen (secondary N) is 1. The third-order valence-corrected chi connectivity index (χ3v) is 4.39. The summed E-state index contributed by atoms with van der Waals surface area (Å²) in [5, 5.41) is 5.32. The molecule has 0 saturated heterocycles. The number of hydrogen-bond donors (Lipinski definition) is 1. The van der Waals surface area contributed by atoms with Crippen molar-refractivity contribution in [3.05, 3.63) is 57.3 Å². The minimum Gasteiger partial charge on any atom is -0.306 e. The molecule has 0 aliphatic carbocycles. The van der Waals surface area contributed by atoms with Crippen LogP contribution < -0.4 is 5.32 Å². The topological polar surface area (TPSA) is 12.0 Å². The second kappa shape index (κ2) is 6.62. The Labute approximate surface area is 126 Å². The molecular weight excluding hydrogens is 295 g/mol. The molecular formula is C16H18F3NS. The molecule has 1 aromatic heterocycles. The second-order valence-corrected chi connectivity index (χ2v) is 5.93. The van der Waals surface area contributed by atoms with Crippen LogP contribution in [-0.2, 0) is 6.18 Å². The van der Waals surface area contributed by atoms with Crippen molar-refractivity contribution in [1.29, 1.82) is 0 Å². The summed E-state index contributed by atoms with van der Waals surface area (Å²) in [7, 11) is 0. The number of thiophene rings is 1. The highest BCUT2D eigenvalue weighted by Gasteiger charge is 2.31. The van der Waals surface area contributed by atoms with Gasteiger partial charge in [0.2, 0.25) is 0 Å². The van der Waals surface area contributed by atoms with Gasteiger partial charge in [0, 0.05) is 4.88 Å². The predicted octanol–water partition coefficient (Wildman–Crippen LogP) is 5.16. The van der Waals surface area contributed by atoms with Crippen molar-refractivity contribution in [2.45, 2.75) is 32.5 Å². The lowest BCUT2D eigenvalue weighted by Crippen LogP contribution is -2.23. The zero-order valence-electron chi connectivity index (χ0n) is 12.0. The van der Waals surface area contributed by atoms with E-state index in [1.807, 2.05) is 25.3 Å². The number of rotatable bonds is 5. The highest BCUT2D eigenvalue weighted by Crippen LogP contribution is 2.34. The van der Waals surface area contributed by atoms with Crippen LogP contribution in [0.5, 0.6) is 0 Å². The zero-order valence-corrected chi connectivity index (χ0v) is 12.8. The summed E-state index contributed by atoms with van der Waals surface area (Å²) in [6.45, 7) is 4.79. The van der Waals surface area contributed by atoms with Crippen molar-refractivity contribution in [3.8, 4) is 0 Å². The van der Waals surface area contributed by atoms with Crippen LogP contribution in [0.1, 0.15) is 41.0 Å². The van der Waals surface area contributed by atoms with Gasteiger partial charge in [-0.05, 0) is 54.6 Å². The Morgan fingerprint density at radius 1 is 1.24 bits per heavy atom. The van der Waals surface area contributed by atoms with Gasteiger partial charge in [-0.25, -0.2) is 0 Å². The van der Waals surface area contributed by atoms with E-state index in [4.69, 9.17) is 0 Å². The van der Waals surface area contributed by atoms with Crippen LogP contribution in [0, 0.1) is 6.92 Å². The molecule has 0 saturated carbocycles. The molecule has 0 spiro atoms. The molecule has 1 aromatic carbocycles. The lowest BCUT2D eigenvalue weighted by molar-refractivity contribution is -0.137. The van der Waals surface area contributed by atoms with E-state index in [0.717, 1.165) is 29.5 Å². The molecule has 0 fully saturated rings. The number of hydrogen-bond acceptors (Lipinski definition) is 2. The fourth-order valence-corrected chi connectivity index (χ4v) is 3.25. The zero-order chi connectivity index (χ0) is 15.5. The van der Waals surface area contributed by atoms with E-state index >= 15 is 0 Å². The molecule has 1 nitrogen and oxygen atoms in total. The van der Waals surface area contributed by atoms with Crippen molar-refractivity contribution in [2.24, 2.45) is 0 Å². The van der Waals surface area contributed by atoms with E-state index in [0.29, 0.717) is 5.56 Å². The maximum Gasteiger partial charge on any atom is 0.416 e. The average molecular weight is 313 g/mol. The van der Waals surface area contributed by atoms with E-state index in [-0.39, 0.29) is 6.04 Å². The first-order valence-electron chi connectivity index (χ1n) is 6.88. The van der Waals surface area contributed by atoms with Crippen molar-refractivity contribution < 1.29 is 13.2 Å². The molecule has 1 N–H and O–H groups in total. The van der Waals surface area contributed by atoms with Crippen molar-refractivity contribution in [3.63, 3.8) is 0 Å². The smallest absolute Gasteiger partial charge is 0.306 e. The monoisotopic (exact) mass is 313 g/mol. The first-order valence-corrected chi connectivity index (χ1v) is 7.76. The number of benzene rings is 1. The quantitative estimate of drug-likeness (QED) is 0.803. The molecule has 2 aromatic rings. The van der Waals surface area contributed by atoms with E-state index < -0.39 is 11.7 Å². The van der Waals surface area contributed by atoms with Crippen LogP contribution in [-0.4, -0.2) is 6.54 Å². The molecule has 1 heterocycles. The minimum atomic E-state index is -4.31. The van der Waals surface area contributed by atoms with Gasteiger partial charge in [0.05, 0.1) is 11.6 Å². The number of halogens is 3. The lowest BCUT2D eigenvalue weighted by Gasteiger charge is -2.20. The summed E-state index contributed by atoms with van der Waals surface area (Å²) in [4.78, 5) is 1.07.